The molecule has 1 heterocycles. The van der Waals surface area contributed by atoms with Gasteiger partial charge in [-0.1, -0.05) is 12.1 Å². The average molecular weight is 380 g/mol. The van der Waals surface area contributed by atoms with Gasteiger partial charge in [0.25, 0.3) is 10.1 Å². The Morgan fingerprint density at radius 2 is 1.84 bits per heavy atom. The van der Waals surface area contributed by atoms with Crippen LogP contribution in [0.4, 0.5) is 0 Å². The summed E-state index contributed by atoms with van der Waals surface area (Å²) in [5.41, 5.74) is -0.0882. The van der Waals surface area contributed by atoms with Crippen molar-refractivity contribution in [3.05, 3.63) is 46.6 Å². The molecule has 1 aromatic heterocycles. The molecule has 0 fully saturated rings. The lowest BCUT2D eigenvalue weighted by molar-refractivity contribution is 0.294. The average Bonchev–Trinajstić information content (AvgIpc) is 2.58. The lowest BCUT2D eigenvalue weighted by Gasteiger charge is -2.12. The van der Waals surface area contributed by atoms with Gasteiger partial charge in [-0.05, 0) is 24.6 Å². The Hall–Kier alpha value is -2.16. The quantitative estimate of drug-likeness (QED) is 0.402. The van der Waals surface area contributed by atoms with Gasteiger partial charge in [-0.3, -0.25) is 9.35 Å². The van der Waals surface area contributed by atoms with Crippen LogP contribution in [0.5, 0.6) is 11.5 Å². The summed E-state index contributed by atoms with van der Waals surface area (Å²) >= 11 is 1.49. The van der Waals surface area contributed by atoms with E-state index in [1.54, 1.807) is 18.2 Å². The summed E-state index contributed by atoms with van der Waals surface area (Å²) in [6, 6.07) is 10.7. The summed E-state index contributed by atoms with van der Waals surface area (Å²) in [6.45, 7) is 0.0762. The summed E-state index contributed by atoms with van der Waals surface area (Å²) in [5, 5.41) is 1.16. The van der Waals surface area contributed by atoms with Crippen molar-refractivity contribution in [1.29, 1.82) is 0 Å². The second kappa shape index (κ2) is 6.99. The minimum absolute atomic E-state index is 0.0762. The van der Waals surface area contributed by atoms with Crippen LogP contribution in [-0.4, -0.2) is 32.4 Å². The van der Waals surface area contributed by atoms with Gasteiger partial charge in [-0.2, -0.15) is 8.42 Å². The van der Waals surface area contributed by atoms with E-state index in [-0.39, 0.29) is 24.2 Å². The largest absolute Gasteiger partial charge is 0.493 e. The molecule has 0 aliphatic heterocycles. The number of methoxy groups -OCH3 is 1. The molecule has 0 spiro atoms. The highest BCUT2D eigenvalue weighted by Crippen LogP contribution is 2.35. The van der Waals surface area contributed by atoms with Gasteiger partial charge in [0, 0.05) is 26.2 Å². The fourth-order valence-electron chi connectivity index (χ4n) is 2.51. The van der Waals surface area contributed by atoms with Crippen LogP contribution in [0.15, 0.2) is 41.2 Å². The van der Waals surface area contributed by atoms with Crippen molar-refractivity contribution in [3.8, 4) is 11.5 Å². The monoisotopic (exact) mass is 380 g/mol. The first-order chi connectivity index (χ1) is 11.9. The van der Waals surface area contributed by atoms with Gasteiger partial charge in [-0.25, -0.2) is 0 Å². The highest BCUT2D eigenvalue weighted by Gasteiger charge is 2.13. The van der Waals surface area contributed by atoms with Crippen molar-refractivity contribution in [3.63, 3.8) is 0 Å². The highest BCUT2D eigenvalue weighted by molar-refractivity contribution is 7.85. The third kappa shape index (κ3) is 3.92. The van der Waals surface area contributed by atoms with Crippen LogP contribution in [0.3, 0.4) is 0 Å². The fraction of sp³-hybridized carbons (Fsp3) is 0.235. The third-order valence-corrected chi connectivity index (χ3v) is 5.60. The summed E-state index contributed by atoms with van der Waals surface area (Å²) in [4.78, 5) is 12.7. The number of benzene rings is 2. The molecule has 6 nitrogen and oxygen atoms in total. The van der Waals surface area contributed by atoms with Crippen molar-refractivity contribution < 1.29 is 22.4 Å². The first-order valence-corrected chi connectivity index (χ1v) is 9.93. The molecule has 132 valence electrons. The number of fused-ring (bicyclic) bond motifs is 2. The zero-order valence-electron chi connectivity index (χ0n) is 13.4. The zero-order chi connectivity index (χ0) is 18.0. The highest BCUT2D eigenvalue weighted by atomic mass is 32.2. The van der Waals surface area contributed by atoms with Gasteiger partial charge >= 0.3 is 0 Å². The van der Waals surface area contributed by atoms with Crippen molar-refractivity contribution in [2.24, 2.45) is 0 Å². The predicted octanol–water partition coefficient (Wildman–Crippen LogP) is 3.08. The van der Waals surface area contributed by atoms with Crippen LogP contribution in [0.2, 0.25) is 0 Å². The summed E-state index contributed by atoms with van der Waals surface area (Å²) in [5.74, 6) is 0.442. The van der Waals surface area contributed by atoms with Gasteiger partial charge in [-0.15, -0.1) is 11.3 Å². The maximum Gasteiger partial charge on any atom is 0.264 e. The van der Waals surface area contributed by atoms with E-state index in [2.05, 4.69) is 0 Å². The van der Waals surface area contributed by atoms with E-state index in [9.17, 15) is 13.2 Å². The maximum atomic E-state index is 12.7. The molecule has 3 rings (SSSR count). The van der Waals surface area contributed by atoms with Crippen LogP contribution in [0, 0.1) is 0 Å². The second-order valence-electron chi connectivity index (χ2n) is 5.41. The van der Waals surface area contributed by atoms with E-state index in [1.807, 2.05) is 18.2 Å². The molecule has 25 heavy (non-hydrogen) atoms. The molecule has 0 bridgehead atoms. The van der Waals surface area contributed by atoms with Crippen molar-refractivity contribution in [1.82, 2.24) is 0 Å². The number of ether oxygens (including phenoxy) is 2. The summed E-state index contributed by atoms with van der Waals surface area (Å²) < 4.78 is 42.8. The molecule has 0 amide bonds. The molecule has 3 aromatic rings. The van der Waals surface area contributed by atoms with E-state index in [0.29, 0.717) is 22.3 Å². The van der Waals surface area contributed by atoms with E-state index >= 15 is 0 Å². The Kier molecular flexibility index (Phi) is 4.94. The standard InChI is InChI=1S/C17H16O6S2/c1-22-13-10-16-12(9-14(13)23-7-4-8-25(19,20)21)17(18)11-5-2-3-6-15(11)24-16/h2-3,5-6,9-10H,4,7-8H2,1H3,(H,19,20,21). The molecular formula is C17H16O6S2. The molecule has 8 heteroatoms. The molecule has 0 aliphatic carbocycles. The lowest BCUT2D eigenvalue weighted by atomic mass is 10.1. The Balaban J connectivity index is 1.99. The van der Waals surface area contributed by atoms with E-state index < -0.39 is 10.1 Å². The second-order valence-corrected chi connectivity index (χ2v) is 8.07. The van der Waals surface area contributed by atoms with E-state index in [0.717, 1.165) is 9.40 Å². The SMILES string of the molecule is COc1cc2sc3ccccc3c(=O)c2cc1OCCCS(=O)(=O)O. The van der Waals surface area contributed by atoms with Gasteiger partial charge in [0.05, 0.1) is 19.5 Å². The lowest BCUT2D eigenvalue weighted by Crippen LogP contribution is -2.09. The first kappa shape index (κ1) is 17.7. The molecule has 1 N–H and O–H groups in total. The van der Waals surface area contributed by atoms with Gasteiger partial charge in [0.2, 0.25) is 0 Å². The van der Waals surface area contributed by atoms with Crippen LogP contribution < -0.4 is 14.9 Å². The first-order valence-electron chi connectivity index (χ1n) is 7.50. The molecule has 2 aromatic carbocycles. The van der Waals surface area contributed by atoms with Gasteiger partial charge in [0.1, 0.15) is 0 Å². The normalized spacial score (nSPS) is 11.8. The third-order valence-electron chi connectivity index (χ3n) is 3.67. The number of rotatable bonds is 6. The minimum atomic E-state index is -4.02. The van der Waals surface area contributed by atoms with Crippen LogP contribution in [0.25, 0.3) is 20.2 Å². The molecule has 0 saturated heterocycles. The Bertz CT molecular complexity index is 1090. The number of hydrogen-bond donors (Lipinski definition) is 1. The van der Waals surface area contributed by atoms with Gasteiger partial charge in [0.15, 0.2) is 16.9 Å². The zero-order valence-corrected chi connectivity index (χ0v) is 15.0. The smallest absolute Gasteiger partial charge is 0.264 e. The van der Waals surface area contributed by atoms with E-state index in [1.165, 1.54) is 18.4 Å². The molecule has 0 unspecified atom stereocenters. The van der Waals surface area contributed by atoms with Gasteiger partial charge < -0.3 is 9.47 Å². The Morgan fingerprint density at radius 3 is 2.56 bits per heavy atom. The van der Waals surface area contributed by atoms with E-state index in [4.69, 9.17) is 14.0 Å². The van der Waals surface area contributed by atoms with Crippen LogP contribution in [0.1, 0.15) is 6.42 Å². The fourth-order valence-corrected chi connectivity index (χ4v) is 4.07. The number of hydrogen-bond acceptors (Lipinski definition) is 6. The van der Waals surface area contributed by atoms with Crippen LogP contribution in [-0.2, 0) is 10.1 Å². The minimum Gasteiger partial charge on any atom is -0.493 e. The molecular weight excluding hydrogens is 364 g/mol. The maximum absolute atomic E-state index is 12.7. The topological polar surface area (TPSA) is 89.9 Å². The van der Waals surface area contributed by atoms with Crippen molar-refractivity contribution >= 4 is 41.6 Å². The molecule has 0 atom stereocenters. The molecule has 0 saturated carbocycles. The van der Waals surface area contributed by atoms with Crippen molar-refractivity contribution in [2.45, 2.75) is 6.42 Å². The Morgan fingerprint density at radius 1 is 1.08 bits per heavy atom. The molecule has 0 aliphatic rings. The Labute approximate surface area is 148 Å². The van der Waals surface area contributed by atoms with Crippen molar-refractivity contribution in [2.75, 3.05) is 19.5 Å². The summed E-state index contributed by atoms with van der Waals surface area (Å²) in [6.07, 6.45) is 0.130. The molecule has 0 radical (unpaired) electrons. The predicted molar refractivity (Wildman–Crippen MR) is 98.7 cm³/mol. The van der Waals surface area contributed by atoms with Crippen LogP contribution >= 0.6 is 11.3 Å². The summed E-state index contributed by atoms with van der Waals surface area (Å²) in [7, 11) is -2.52.